The Bertz CT molecular complexity index is 1050. The molecule has 0 saturated carbocycles. The van der Waals surface area contributed by atoms with E-state index >= 15 is 0 Å². The second-order valence-corrected chi connectivity index (χ2v) is 7.35. The summed E-state index contributed by atoms with van der Waals surface area (Å²) < 4.78 is 21.0. The van der Waals surface area contributed by atoms with Crippen molar-refractivity contribution in [1.82, 2.24) is 0 Å². The number of hydrogen-bond donors (Lipinski definition) is 1. The van der Waals surface area contributed by atoms with Crippen molar-refractivity contribution >= 4 is 34.5 Å². The van der Waals surface area contributed by atoms with E-state index in [1.807, 2.05) is 0 Å². The molecule has 0 aliphatic carbocycles. The lowest BCUT2D eigenvalue weighted by Crippen LogP contribution is -2.12. The zero-order valence-corrected chi connectivity index (χ0v) is 18.5. The van der Waals surface area contributed by atoms with Crippen molar-refractivity contribution < 1.29 is 28.8 Å². The van der Waals surface area contributed by atoms with Crippen LogP contribution in [-0.4, -0.2) is 44.1 Å². The molecule has 0 radical (unpaired) electrons. The van der Waals surface area contributed by atoms with Crippen molar-refractivity contribution in [3.63, 3.8) is 0 Å². The van der Waals surface area contributed by atoms with Gasteiger partial charge in [-0.1, -0.05) is 17.8 Å². The molecule has 7 nitrogen and oxygen atoms in total. The lowest BCUT2D eigenvalue weighted by atomic mass is 10.1. The molecule has 0 amide bonds. The minimum atomic E-state index is -0.638. The summed E-state index contributed by atoms with van der Waals surface area (Å²) in [5.74, 6) is 1.02. The fraction of sp³-hybridized carbons (Fsp3) is 0.217. The van der Waals surface area contributed by atoms with Crippen molar-refractivity contribution in [2.45, 2.75) is 6.92 Å². The van der Waals surface area contributed by atoms with E-state index < -0.39 is 5.97 Å². The Morgan fingerprint density at radius 2 is 1.71 bits per heavy atom. The lowest BCUT2D eigenvalue weighted by molar-refractivity contribution is -0.138. The summed E-state index contributed by atoms with van der Waals surface area (Å²) in [6, 6.07) is 12.5. The Balaban J connectivity index is 2.06. The van der Waals surface area contributed by atoms with Gasteiger partial charge in [0.25, 0.3) is 0 Å². The number of aliphatic imine (C=N–C) groups is 1. The number of carbonyl (C=O) groups is 1. The van der Waals surface area contributed by atoms with Crippen LogP contribution in [0.4, 0.5) is 5.69 Å². The van der Waals surface area contributed by atoms with Crippen LogP contribution in [0.2, 0.25) is 0 Å². The number of hydrogen-bond acceptors (Lipinski definition) is 8. The summed E-state index contributed by atoms with van der Waals surface area (Å²) in [7, 11) is 4.69. The maximum Gasteiger partial charge on any atom is 0.344 e. The average molecular weight is 442 g/mol. The molecule has 162 valence electrons. The fourth-order valence-corrected chi connectivity index (χ4v) is 3.89. The van der Waals surface area contributed by atoms with Crippen LogP contribution in [0.3, 0.4) is 0 Å². The maximum absolute atomic E-state index is 12.6. The number of aliphatic hydroxyl groups is 1. The van der Waals surface area contributed by atoms with Crippen molar-refractivity contribution in [2.24, 2.45) is 4.99 Å². The van der Waals surface area contributed by atoms with Gasteiger partial charge in [0.15, 0.2) is 0 Å². The molecule has 8 heteroatoms. The van der Waals surface area contributed by atoms with Crippen LogP contribution in [0, 0.1) is 0 Å². The van der Waals surface area contributed by atoms with E-state index in [1.165, 1.54) is 11.8 Å². The number of carbonyl (C=O) groups excluding carboxylic acids is 1. The highest BCUT2D eigenvalue weighted by Gasteiger charge is 2.33. The van der Waals surface area contributed by atoms with Gasteiger partial charge < -0.3 is 24.1 Å². The first-order chi connectivity index (χ1) is 15.0. The van der Waals surface area contributed by atoms with Crippen LogP contribution in [0.1, 0.15) is 12.5 Å². The minimum absolute atomic E-state index is 0.0239. The van der Waals surface area contributed by atoms with Gasteiger partial charge in [-0.3, -0.25) is 0 Å². The molecule has 31 heavy (non-hydrogen) atoms. The van der Waals surface area contributed by atoms with Gasteiger partial charge in [0.2, 0.25) is 0 Å². The Morgan fingerprint density at radius 3 is 2.32 bits per heavy atom. The summed E-state index contributed by atoms with van der Waals surface area (Å²) >= 11 is 1.17. The van der Waals surface area contributed by atoms with E-state index in [4.69, 9.17) is 18.9 Å². The number of benzene rings is 2. The molecular formula is C23H23NO6S. The smallest absolute Gasteiger partial charge is 0.344 e. The molecule has 0 atom stereocenters. The van der Waals surface area contributed by atoms with Gasteiger partial charge in [-0.15, -0.1) is 0 Å². The Hall–Kier alpha value is -3.39. The van der Waals surface area contributed by atoms with E-state index in [0.717, 1.165) is 5.56 Å². The highest BCUT2D eigenvalue weighted by molar-refractivity contribution is 8.18. The topological polar surface area (TPSA) is 86.6 Å². The van der Waals surface area contributed by atoms with E-state index in [0.29, 0.717) is 32.9 Å². The van der Waals surface area contributed by atoms with Crippen LogP contribution in [0.5, 0.6) is 17.2 Å². The number of ether oxygens (including phenoxy) is 4. The van der Waals surface area contributed by atoms with Crippen LogP contribution in [0.25, 0.3) is 6.08 Å². The van der Waals surface area contributed by atoms with Gasteiger partial charge in [-0.25, -0.2) is 9.79 Å². The number of aliphatic hydroxyl groups excluding tert-OH is 1. The van der Waals surface area contributed by atoms with Crippen LogP contribution in [-0.2, 0) is 9.53 Å². The molecule has 1 aliphatic rings. The maximum atomic E-state index is 12.6. The average Bonchev–Trinajstić information content (AvgIpc) is 3.08. The lowest BCUT2D eigenvalue weighted by Gasteiger charge is -2.06. The molecule has 1 N–H and O–H groups in total. The van der Waals surface area contributed by atoms with Crippen LogP contribution >= 0.6 is 11.8 Å². The van der Waals surface area contributed by atoms with Gasteiger partial charge in [0.05, 0.1) is 38.5 Å². The van der Waals surface area contributed by atoms with Crippen molar-refractivity contribution in [3.8, 4) is 17.2 Å². The third-order valence-corrected chi connectivity index (χ3v) is 5.35. The van der Waals surface area contributed by atoms with E-state index in [9.17, 15) is 9.90 Å². The van der Waals surface area contributed by atoms with E-state index in [1.54, 1.807) is 76.8 Å². The monoisotopic (exact) mass is 441 g/mol. The molecule has 2 aromatic carbocycles. The zero-order chi connectivity index (χ0) is 22.4. The number of rotatable bonds is 7. The Labute approximate surface area is 185 Å². The van der Waals surface area contributed by atoms with Gasteiger partial charge in [0, 0.05) is 12.1 Å². The highest BCUT2D eigenvalue weighted by Crippen LogP contribution is 2.41. The molecular weight excluding hydrogens is 418 g/mol. The predicted octanol–water partition coefficient (Wildman–Crippen LogP) is 4.91. The third kappa shape index (κ3) is 5.21. The van der Waals surface area contributed by atoms with Gasteiger partial charge in [-0.05, 0) is 42.8 Å². The molecule has 0 bridgehead atoms. The standard InChI is InChI=1S/C23H23NO6S/c1-5-30-23(26)20-21(25)19(11-14-9-17(28-3)13-18(10-14)29-4)31-22(20)24-15-7-6-8-16(12-15)27-2/h6-13,25H,5H2,1-4H3/b19-11+,24-22?. The number of thioether (sulfide) groups is 1. The molecule has 0 fully saturated rings. The summed E-state index contributed by atoms with van der Waals surface area (Å²) in [6.45, 7) is 1.88. The number of nitrogens with zero attached hydrogens (tertiary/aromatic N) is 1. The molecule has 3 rings (SSSR count). The second-order valence-electron chi connectivity index (χ2n) is 6.32. The summed E-state index contributed by atoms with van der Waals surface area (Å²) in [4.78, 5) is 17.6. The molecule has 0 unspecified atom stereocenters. The first kappa shape index (κ1) is 22.3. The molecule has 1 aliphatic heterocycles. The first-order valence-electron chi connectivity index (χ1n) is 9.45. The molecule has 0 aromatic heterocycles. The summed E-state index contributed by atoms with van der Waals surface area (Å²) in [6.07, 6.45) is 1.73. The molecule has 2 aromatic rings. The van der Waals surface area contributed by atoms with Crippen molar-refractivity contribution in [3.05, 3.63) is 64.3 Å². The summed E-state index contributed by atoms with van der Waals surface area (Å²) in [5, 5.41) is 11.2. The first-order valence-corrected chi connectivity index (χ1v) is 10.3. The van der Waals surface area contributed by atoms with Gasteiger partial charge >= 0.3 is 5.97 Å². The van der Waals surface area contributed by atoms with Crippen LogP contribution < -0.4 is 14.2 Å². The van der Waals surface area contributed by atoms with E-state index in [-0.39, 0.29) is 17.9 Å². The second kappa shape index (κ2) is 10.1. The fourth-order valence-electron chi connectivity index (χ4n) is 2.85. The number of methoxy groups -OCH3 is 3. The van der Waals surface area contributed by atoms with Crippen LogP contribution in [0.15, 0.2) is 63.7 Å². The SMILES string of the molecule is CCOC(=O)C1=C(O)/C(=C\c2cc(OC)cc(OC)c2)SC1=Nc1cccc(OC)c1. The third-order valence-electron chi connectivity index (χ3n) is 4.33. The zero-order valence-electron chi connectivity index (χ0n) is 17.7. The highest BCUT2D eigenvalue weighted by atomic mass is 32.2. The largest absolute Gasteiger partial charge is 0.506 e. The Kier molecular flexibility index (Phi) is 7.25. The normalized spacial score (nSPS) is 16.0. The molecule has 0 spiro atoms. The summed E-state index contributed by atoms with van der Waals surface area (Å²) in [5.41, 5.74) is 1.34. The van der Waals surface area contributed by atoms with Gasteiger partial charge in [0.1, 0.15) is 33.6 Å². The van der Waals surface area contributed by atoms with Crippen molar-refractivity contribution in [2.75, 3.05) is 27.9 Å². The quantitative estimate of drug-likeness (QED) is 0.611. The van der Waals surface area contributed by atoms with Crippen molar-refractivity contribution in [1.29, 1.82) is 0 Å². The number of esters is 1. The minimum Gasteiger partial charge on any atom is -0.506 e. The predicted molar refractivity (Wildman–Crippen MR) is 121 cm³/mol. The molecule has 1 heterocycles. The Morgan fingerprint density at radius 1 is 1.03 bits per heavy atom. The van der Waals surface area contributed by atoms with Gasteiger partial charge in [-0.2, -0.15) is 0 Å². The molecule has 0 saturated heterocycles. The van der Waals surface area contributed by atoms with E-state index in [2.05, 4.69) is 4.99 Å².